The SMILES string of the molecule is N#Cc1ccc(Cn2cncc2CN(c2cccc3sc(C(=O)NC4CCCC4)cc23)S(=O)(=O)c2ccccc2)cc1. The Morgan fingerprint density at radius 1 is 1.05 bits per heavy atom. The highest BCUT2D eigenvalue weighted by molar-refractivity contribution is 7.92. The van der Waals surface area contributed by atoms with Gasteiger partial charge in [0.2, 0.25) is 0 Å². The van der Waals surface area contributed by atoms with Crippen LogP contribution in [0.15, 0.2) is 96.3 Å². The molecule has 42 heavy (non-hydrogen) atoms. The van der Waals surface area contributed by atoms with E-state index in [4.69, 9.17) is 5.26 Å². The third-order valence-electron chi connectivity index (χ3n) is 7.59. The number of carbonyl (C=O) groups is 1. The van der Waals surface area contributed by atoms with Crippen molar-refractivity contribution in [2.24, 2.45) is 0 Å². The molecule has 1 aliphatic rings. The van der Waals surface area contributed by atoms with Gasteiger partial charge in [-0.1, -0.05) is 49.2 Å². The minimum atomic E-state index is -3.99. The zero-order chi connectivity index (χ0) is 29.1. The molecule has 0 aliphatic heterocycles. The third kappa shape index (κ3) is 5.66. The lowest BCUT2D eigenvalue weighted by Crippen LogP contribution is -2.32. The van der Waals surface area contributed by atoms with Gasteiger partial charge in [0.1, 0.15) is 0 Å². The zero-order valence-corrected chi connectivity index (χ0v) is 24.4. The van der Waals surface area contributed by atoms with E-state index in [1.807, 2.05) is 28.8 Å². The van der Waals surface area contributed by atoms with E-state index in [0.29, 0.717) is 33.8 Å². The average molecular weight is 596 g/mol. The third-order valence-corrected chi connectivity index (χ3v) is 10.5. The first kappa shape index (κ1) is 27.7. The number of hydrogen-bond donors (Lipinski definition) is 1. The van der Waals surface area contributed by atoms with E-state index in [0.717, 1.165) is 35.9 Å². The van der Waals surface area contributed by atoms with E-state index in [2.05, 4.69) is 16.4 Å². The van der Waals surface area contributed by atoms with Crippen molar-refractivity contribution in [2.75, 3.05) is 4.31 Å². The van der Waals surface area contributed by atoms with Crippen LogP contribution < -0.4 is 9.62 Å². The normalized spacial score (nSPS) is 13.7. The van der Waals surface area contributed by atoms with Gasteiger partial charge in [-0.25, -0.2) is 13.4 Å². The Bertz CT molecular complexity index is 1870. The van der Waals surface area contributed by atoms with Crippen molar-refractivity contribution in [3.8, 4) is 6.07 Å². The van der Waals surface area contributed by atoms with E-state index < -0.39 is 10.0 Å². The summed E-state index contributed by atoms with van der Waals surface area (Å²) in [5.41, 5.74) is 2.73. The van der Waals surface area contributed by atoms with Crippen LogP contribution in [0.1, 0.15) is 52.2 Å². The maximum Gasteiger partial charge on any atom is 0.264 e. The Hall–Kier alpha value is -4.46. The molecule has 0 atom stereocenters. The number of anilines is 1. The van der Waals surface area contributed by atoms with Gasteiger partial charge in [-0.3, -0.25) is 9.10 Å². The van der Waals surface area contributed by atoms with Crippen molar-refractivity contribution >= 4 is 43.0 Å². The van der Waals surface area contributed by atoms with Crippen molar-refractivity contribution in [1.82, 2.24) is 14.9 Å². The molecule has 0 unspecified atom stereocenters. The van der Waals surface area contributed by atoms with Gasteiger partial charge in [0, 0.05) is 28.9 Å². The van der Waals surface area contributed by atoms with Gasteiger partial charge in [0.05, 0.1) is 45.7 Å². The molecule has 1 N–H and O–H groups in total. The van der Waals surface area contributed by atoms with Crippen molar-refractivity contribution in [3.05, 3.63) is 113 Å². The summed E-state index contributed by atoms with van der Waals surface area (Å²) in [6.07, 6.45) is 7.57. The molecule has 5 aromatic rings. The van der Waals surface area contributed by atoms with Crippen molar-refractivity contribution in [2.45, 2.75) is 49.7 Å². The highest BCUT2D eigenvalue weighted by Crippen LogP contribution is 2.37. The number of sulfonamides is 1. The minimum absolute atomic E-state index is 0.0338. The second-order valence-corrected chi connectivity index (χ2v) is 13.3. The van der Waals surface area contributed by atoms with Crippen molar-refractivity contribution in [3.63, 3.8) is 0 Å². The van der Waals surface area contributed by atoms with Crippen LogP contribution in [-0.4, -0.2) is 29.9 Å². The first-order valence-corrected chi connectivity index (χ1v) is 16.1. The number of nitrogens with one attached hydrogen (secondary N) is 1. The van der Waals surface area contributed by atoms with Crippen LogP contribution in [0.5, 0.6) is 0 Å². The molecule has 0 bridgehead atoms. The highest BCUT2D eigenvalue weighted by Gasteiger charge is 2.29. The number of imidazole rings is 1. The predicted molar refractivity (Wildman–Crippen MR) is 164 cm³/mol. The molecule has 1 fully saturated rings. The fourth-order valence-electron chi connectivity index (χ4n) is 5.37. The molecule has 1 saturated carbocycles. The van der Waals surface area contributed by atoms with E-state index in [9.17, 15) is 13.2 Å². The summed E-state index contributed by atoms with van der Waals surface area (Å²) in [5, 5.41) is 13.0. The first-order chi connectivity index (χ1) is 20.4. The molecule has 0 spiro atoms. The Morgan fingerprint density at radius 2 is 1.81 bits per heavy atom. The predicted octanol–water partition coefficient (Wildman–Crippen LogP) is 6.09. The average Bonchev–Trinajstić information content (AvgIpc) is 3.78. The van der Waals surface area contributed by atoms with Crippen LogP contribution in [-0.2, 0) is 23.1 Å². The maximum absolute atomic E-state index is 14.2. The van der Waals surface area contributed by atoms with Crippen molar-refractivity contribution in [1.29, 1.82) is 5.26 Å². The van der Waals surface area contributed by atoms with E-state index >= 15 is 0 Å². The molecule has 1 aliphatic carbocycles. The zero-order valence-electron chi connectivity index (χ0n) is 22.8. The lowest BCUT2D eigenvalue weighted by atomic mass is 10.1. The van der Waals surface area contributed by atoms with Gasteiger partial charge in [-0.15, -0.1) is 11.3 Å². The van der Waals surface area contributed by atoms with Gasteiger partial charge >= 0.3 is 0 Å². The molecular weight excluding hydrogens is 567 g/mol. The number of carbonyl (C=O) groups excluding carboxylic acids is 1. The number of fused-ring (bicyclic) bond motifs is 1. The Kier molecular flexibility index (Phi) is 7.78. The summed E-state index contributed by atoms with van der Waals surface area (Å²) < 4.78 is 32.6. The molecule has 3 aromatic carbocycles. The Labute approximate surface area is 248 Å². The number of hydrogen-bond acceptors (Lipinski definition) is 6. The quantitative estimate of drug-likeness (QED) is 0.222. The molecule has 0 saturated heterocycles. The van der Waals surface area contributed by atoms with Gasteiger partial charge < -0.3 is 9.88 Å². The van der Waals surface area contributed by atoms with Crippen LogP contribution in [0.2, 0.25) is 0 Å². The molecule has 0 radical (unpaired) electrons. The van der Waals surface area contributed by atoms with Crippen LogP contribution in [0.4, 0.5) is 5.69 Å². The number of amides is 1. The minimum Gasteiger partial charge on any atom is -0.349 e. The monoisotopic (exact) mass is 595 g/mol. The number of nitriles is 1. The van der Waals surface area contributed by atoms with Crippen LogP contribution in [0, 0.1) is 11.3 Å². The molecule has 8 nitrogen and oxygen atoms in total. The summed E-state index contributed by atoms with van der Waals surface area (Å²) in [4.78, 5) is 18.2. The van der Waals surface area contributed by atoms with Gasteiger partial charge in [-0.2, -0.15) is 5.26 Å². The lowest BCUT2D eigenvalue weighted by Gasteiger charge is -2.26. The molecule has 2 aromatic heterocycles. The summed E-state index contributed by atoms with van der Waals surface area (Å²) in [5.74, 6) is -0.119. The molecule has 212 valence electrons. The molecule has 2 heterocycles. The smallest absolute Gasteiger partial charge is 0.264 e. The summed E-state index contributed by atoms with van der Waals surface area (Å²) in [6, 6.07) is 25.3. The summed E-state index contributed by atoms with van der Waals surface area (Å²) in [7, 11) is -3.99. The fourth-order valence-corrected chi connectivity index (χ4v) is 7.83. The van der Waals surface area contributed by atoms with E-state index in [1.54, 1.807) is 67.1 Å². The number of aromatic nitrogens is 2. The number of nitrogens with zero attached hydrogens (tertiary/aromatic N) is 4. The van der Waals surface area contributed by atoms with Gasteiger partial charge in [-0.05, 0) is 60.9 Å². The summed E-state index contributed by atoms with van der Waals surface area (Å²) >= 11 is 1.37. The maximum atomic E-state index is 14.2. The number of rotatable bonds is 9. The fraction of sp³-hybridized carbons (Fsp3) is 0.219. The second kappa shape index (κ2) is 11.8. The largest absolute Gasteiger partial charge is 0.349 e. The number of benzene rings is 3. The number of thiophene rings is 1. The lowest BCUT2D eigenvalue weighted by molar-refractivity contribution is 0.0942. The first-order valence-electron chi connectivity index (χ1n) is 13.8. The summed E-state index contributed by atoms with van der Waals surface area (Å²) in [6.45, 7) is 0.500. The van der Waals surface area contributed by atoms with Crippen LogP contribution >= 0.6 is 11.3 Å². The van der Waals surface area contributed by atoms with Gasteiger partial charge in [0.15, 0.2) is 0 Å². The second-order valence-electron chi connectivity index (χ2n) is 10.4. The van der Waals surface area contributed by atoms with E-state index in [-0.39, 0.29) is 23.4 Å². The molecule has 6 rings (SSSR count). The molecular formula is C32H29N5O3S2. The van der Waals surface area contributed by atoms with Crippen LogP contribution in [0.3, 0.4) is 0 Å². The highest BCUT2D eigenvalue weighted by atomic mass is 32.2. The molecule has 10 heteroatoms. The Balaban J connectivity index is 1.38. The topological polar surface area (TPSA) is 108 Å². The Morgan fingerprint density at radius 3 is 2.55 bits per heavy atom. The van der Waals surface area contributed by atoms with Crippen LogP contribution in [0.25, 0.3) is 10.1 Å². The van der Waals surface area contributed by atoms with E-state index in [1.165, 1.54) is 15.6 Å². The van der Waals surface area contributed by atoms with Crippen molar-refractivity contribution < 1.29 is 13.2 Å². The molecule has 1 amide bonds. The standard InChI is InChI=1S/C32H29N5O3S2/c33-18-23-13-15-24(16-14-23)20-36-22-34-19-26(36)21-37(42(39,40)27-9-2-1-3-10-27)29-11-6-12-30-28(29)17-31(41-30)32(38)35-25-7-4-5-8-25/h1-3,6,9-17,19,22,25H,4-5,7-8,20-21H2,(H,35,38). The van der Waals surface area contributed by atoms with Gasteiger partial charge in [0.25, 0.3) is 15.9 Å².